The molecular weight excluding hydrogens is 246 g/mol. The fraction of sp³-hybridized carbons (Fsp3) is 0. The third kappa shape index (κ3) is 16.0. The second kappa shape index (κ2) is 12.6. The first kappa shape index (κ1) is 20.9. The van der Waals surface area contributed by atoms with Crippen LogP contribution in [0.15, 0.2) is 24.3 Å². The zero-order valence-corrected chi connectivity index (χ0v) is 13.8. The molecule has 8 heteroatoms. The fourth-order valence-corrected chi connectivity index (χ4v) is 0.440. The van der Waals surface area contributed by atoms with Gasteiger partial charge in [-0.25, -0.2) is 0 Å². The second-order valence-corrected chi connectivity index (χ2v) is 2.16. The van der Waals surface area contributed by atoms with Crippen LogP contribution in [-0.4, -0.2) is 24.9 Å². The van der Waals surface area contributed by atoms with Crippen molar-refractivity contribution in [1.29, 1.82) is 0 Å². The molecule has 5 nitrogen and oxygen atoms in total. The molecule has 14 heavy (non-hydrogen) atoms. The minimum Gasteiger partial charge on any atom is -1.00 e. The van der Waals surface area contributed by atoms with Crippen LogP contribution in [0, 0.1) is 0 Å². The maximum atomic E-state index is 10.3. The van der Waals surface area contributed by atoms with Crippen molar-refractivity contribution in [3.05, 3.63) is 24.3 Å². The summed E-state index contributed by atoms with van der Waals surface area (Å²) >= 11 is -2.61. The van der Waals surface area contributed by atoms with Crippen molar-refractivity contribution in [2.45, 2.75) is 0 Å². The Labute approximate surface area is 151 Å². The summed E-state index contributed by atoms with van der Waals surface area (Å²) in [5, 5.41) is 0. The first-order valence-electron chi connectivity index (χ1n) is 2.76. The van der Waals surface area contributed by atoms with Crippen molar-refractivity contribution in [3.8, 4) is 0 Å². The first-order valence-corrected chi connectivity index (χ1v) is 3.83. The Kier molecular flexibility index (Phi) is 18.8. The summed E-state index contributed by atoms with van der Waals surface area (Å²) < 4.78 is 22.8. The normalized spacial score (nSPS) is 12.5. The molecule has 0 aromatic rings. The van der Waals surface area contributed by atoms with Crippen molar-refractivity contribution in [1.82, 2.24) is 0 Å². The monoisotopic (exact) mass is 254 g/mol. The van der Waals surface area contributed by atoms with Crippen LogP contribution in [0.25, 0.3) is 0 Å². The van der Waals surface area contributed by atoms with Crippen LogP contribution in [0.3, 0.4) is 0 Å². The predicted molar refractivity (Wildman–Crippen MR) is 43.9 cm³/mol. The van der Waals surface area contributed by atoms with Gasteiger partial charge >= 0.3 is 80.9 Å². The van der Waals surface area contributed by atoms with Gasteiger partial charge < -0.3 is 2.85 Å². The number of carbonyl (C=O) groups excluding carboxylic acids is 2. The third-order valence-corrected chi connectivity index (χ3v) is 0.824. The molecule has 0 saturated heterocycles. The van der Waals surface area contributed by atoms with Crippen LogP contribution in [-0.2, 0) is 21.0 Å². The standard InChI is InChI=1S/C6H4O2.K.Na.H2O3S.2H/c7-5-1-2-6(8)4-3-5;;;1-4(2)3;;/h1-4H;;;(H2,1,2,3);;/q;2*+1;;2*-1. The van der Waals surface area contributed by atoms with E-state index in [4.69, 9.17) is 13.3 Å². The number of allylic oxidation sites excluding steroid dienone is 4. The predicted octanol–water partition coefficient (Wildman–Crippen LogP) is -5.84. The van der Waals surface area contributed by atoms with Gasteiger partial charge in [0.05, 0.1) is 0 Å². The molecule has 0 aromatic carbocycles. The van der Waals surface area contributed by atoms with Crippen molar-refractivity contribution >= 4 is 22.9 Å². The largest absolute Gasteiger partial charge is 1.00 e. The Morgan fingerprint density at radius 1 is 1.00 bits per heavy atom. The summed E-state index contributed by atoms with van der Waals surface area (Å²) in [6, 6.07) is 0. The summed E-state index contributed by atoms with van der Waals surface area (Å²) in [5.41, 5.74) is 0. The smallest absolute Gasteiger partial charge is 1.00 e. The average molecular weight is 254 g/mol. The maximum Gasteiger partial charge on any atom is 1.00 e. The molecule has 0 unspecified atom stereocenters. The van der Waals surface area contributed by atoms with Crippen LogP contribution in [0.5, 0.6) is 0 Å². The van der Waals surface area contributed by atoms with Gasteiger partial charge in [-0.15, -0.1) is 0 Å². The van der Waals surface area contributed by atoms with E-state index in [1.165, 1.54) is 24.3 Å². The van der Waals surface area contributed by atoms with Crippen molar-refractivity contribution in [2.75, 3.05) is 0 Å². The summed E-state index contributed by atoms with van der Waals surface area (Å²) in [4.78, 5) is 20.6. The molecule has 70 valence electrons. The van der Waals surface area contributed by atoms with Gasteiger partial charge in [0.25, 0.3) is 11.4 Å². The van der Waals surface area contributed by atoms with E-state index in [2.05, 4.69) is 0 Å². The third-order valence-electron chi connectivity index (χ3n) is 0.824. The molecule has 0 radical (unpaired) electrons. The first-order chi connectivity index (χ1) is 5.52. The van der Waals surface area contributed by atoms with Crippen LogP contribution < -0.4 is 80.9 Å². The molecule has 1 rings (SSSR count). The van der Waals surface area contributed by atoms with E-state index >= 15 is 0 Å². The van der Waals surface area contributed by atoms with E-state index in [0.29, 0.717) is 0 Å². The summed E-state index contributed by atoms with van der Waals surface area (Å²) in [6.45, 7) is 0. The number of hydrogen-bond acceptors (Lipinski definition) is 3. The topological polar surface area (TPSA) is 91.7 Å². The number of ketones is 2. The molecular formula is C6H8KNaO5S. The molecule has 0 bridgehead atoms. The number of hydrogen-bond donors (Lipinski definition) is 2. The Balaban J connectivity index is -0.0000000458. The summed E-state index contributed by atoms with van der Waals surface area (Å²) in [5.74, 6) is -0.241. The second-order valence-electron chi connectivity index (χ2n) is 1.70. The average Bonchev–Trinajstić information content (AvgIpc) is 1.94. The molecule has 1 aliphatic carbocycles. The molecule has 1 aliphatic rings. The van der Waals surface area contributed by atoms with Gasteiger partial charge in [0.15, 0.2) is 11.6 Å². The number of carbonyl (C=O) groups is 2. The van der Waals surface area contributed by atoms with Crippen LogP contribution in [0.2, 0.25) is 0 Å². The van der Waals surface area contributed by atoms with Gasteiger partial charge in [-0.2, -0.15) is 4.21 Å². The molecule has 0 heterocycles. The van der Waals surface area contributed by atoms with Crippen LogP contribution in [0.4, 0.5) is 0 Å². The van der Waals surface area contributed by atoms with Crippen molar-refractivity contribution in [3.63, 3.8) is 0 Å². The molecule has 0 fully saturated rings. The van der Waals surface area contributed by atoms with Gasteiger partial charge in [-0.1, -0.05) is 0 Å². The Hall–Kier alpha value is 1.53. The zero-order valence-electron chi connectivity index (χ0n) is 9.84. The molecule has 0 saturated carbocycles. The van der Waals surface area contributed by atoms with E-state index in [9.17, 15) is 9.59 Å². The van der Waals surface area contributed by atoms with E-state index in [0.717, 1.165) is 0 Å². The van der Waals surface area contributed by atoms with E-state index in [1.54, 1.807) is 0 Å². The summed E-state index contributed by atoms with van der Waals surface area (Å²) in [6.07, 6.45) is 5.01. The Morgan fingerprint density at radius 3 is 1.29 bits per heavy atom. The molecule has 0 amide bonds. The van der Waals surface area contributed by atoms with Crippen molar-refractivity contribution in [2.24, 2.45) is 0 Å². The van der Waals surface area contributed by atoms with Gasteiger partial charge in [-0.3, -0.25) is 18.7 Å². The minimum atomic E-state index is -2.61. The van der Waals surface area contributed by atoms with Gasteiger partial charge in [0.2, 0.25) is 0 Å². The van der Waals surface area contributed by atoms with E-state index < -0.39 is 11.4 Å². The molecule has 0 atom stereocenters. The van der Waals surface area contributed by atoms with Crippen molar-refractivity contribution < 1.29 is 107 Å². The maximum absolute atomic E-state index is 10.3. The van der Waals surface area contributed by atoms with E-state index in [-0.39, 0.29) is 95.4 Å². The fourth-order valence-electron chi connectivity index (χ4n) is 0.440. The van der Waals surface area contributed by atoms with Crippen LogP contribution >= 0.6 is 0 Å². The Bertz CT molecular complexity index is 242. The minimum absolute atomic E-state index is 0. The van der Waals surface area contributed by atoms with E-state index in [1.807, 2.05) is 0 Å². The van der Waals surface area contributed by atoms with Gasteiger partial charge in [0, 0.05) is 0 Å². The molecule has 0 spiro atoms. The SMILES string of the molecule is O=C1C=CC(=O)C=C1.O=S(O)O.[H-].[H-].[K+].[Na+]. The summed E-state index contributed by atoms with van der Waals surface area (Å²) in [7, 11) is 0. The molecule has 0 aliphatic heterocycles. The molecule has 2 N–H and O–H groups in total. The van der Waals surface area contributed by atoms with Gasteiger partial charge in [-0.05, 0) is 24.3 Å². The zero-order chi connectivity index (χ0) is 9.56. The quantitative estimate of drug-likeness (QED) is 0.255. The van der Waals surface area contributed by atoms with Gasteiger partial charge in [0.1, 0.15) is 0 Å². The number of rotatable bonds is 0. The van der Waals surface area contributed by atoms with Crippen LogP contribution in [0.1, 0.15) is 2.85 Å². The molecule has 0 aromatic heterocycles. The Morgan fingerprint density at radius 2 is 1.14 bits per heavy atom.